The summed E-state index contributed by atoms with van der Waals surface area (Å²) in [5.74, 6) is -9.04. The first kappa shape index (κ1) is 71.5. The van der Waals surface area contributed by atoms with Crippen LogP contribution in [0.25, 0.3) is 21.8 Å². The van der Waals surface area contributed by atoms with E-state index in [9.17, 15) is 54.0 Å². The Morgan fingerprint density at radius 3 is 1.99 bits per heavy atom. The molecule has 0 bridgehead atoms. The Hall–Kier alpha value is -8.96. The smallest absolute Gasteiger partial charge is 0.323 e. The number of primary amides is 1. The number of H-pyrrole nitrogens is 1. The third-order valence-electron chi connectivity index (χ3n) is 17.2. The van der Waals surface area contributed by atoms with E-state index in [2.05, 4.69) is 42.2 Å². The minimum Gasteiger partial charge on any atom is -0.508 e. The molecule has 2 unspecified atom stereocenters. The van der Waals surface area contributed by atoms with Crippen LogP contribution >= 0.6 is 0 Å². The number of aromatic nitrogens is 2. The number of β-amino-alcohol motifs (C(OH)–C–C–N with tert-alkyl or cyclic N) is 1. The number of carboxylic acids is 1. The standard InChI is InChI=1S/C65H90N14O14/c1-35(2)25-51(73-61(89)53(31-69-37(4)80)75-58(86)48-16-12-24-68-48)65(93)79-33-42(82)29-55(79)62(90)72-50(27-39-30-70-47-15-10-8-13-43(39)47)60(88)71-49(23-22-46(66)45(26-38-18-20-41(81)21-19-38)63(91)77(7)36(3)57(67)85)59(87)74-52(64(92)76(5)6)28-40-32-78(34-56(83)84)54-17-11-9-14-44(40)54/h8-11,13-15,17-21,30,32,35-37,42,45-46,48-53,55,68-70,80-82H,12,16,22-29,31,33-34,66H2,1-7H3,(H2,67,85)(H,71,88)(H,72,90)(H,73,89)(H,74,87)(H,75,86)(H,83,84)/t36-,37?,42+,45+,46?,48-,49-,50-,51-,52-,53-,55-/m0/s1. The summed E-state index contributed by atoms with van der Waals surface area (Å²) in [6.07, 6.45) is 1.13. The van der Waals surface area contributed by atoms with Crippen molar-refractivity contribution in [3.63, 3.8) is 0 Å². The van der Waals surface area contributed by atoms with E-state index in [-0.39, 0.29) is 69.7 Å². The molecule has 5 aromatic rings. The number of amides is 9. The van der Waals surface area contributed by atoms with Crippen LogP contribution in [0.4, 0.5) is 0 Å². The second-order valence-electron chi connectivity index (χ2n) is 25.0. The number of hydrogen-bond acceptors (Lipinski definition) is 16. The van der Waals surface area contributed by atoms with Crippen LogP contribution in [0, 0.1) is 11.8 Å². The monoisotopic (exact) mass is 1290 g/mol. The fourth-order valence-corrected chi connectivity index (χ4v) is 12.0. The number of aromatic amines is 1. The highest BCUT2D eigenvalue weighted by atomic mass is 16.4. The normalized spacial score (nSPS) is 18.5. The molecular formula is C65H90N14O14. The Balaban J connectivity index is 1.23. The molecule has 0 spiro atoms. The number of hydrogen-bond donors (Lipinski definition) is 14. The highest BCUT2D eigenvalue weighted by Gasteiger charge is 2.44. The maximum atomic E-state index is 15.4. The van der Waals surface area contributed by atoms with E-state index in [0.717, 1.165) is 16.2 Å². The summed E-state index contributed by atoms with van der Waals surface area (Å²) in [7, 11) is 4.36. The van der Waals surface area contributed by atoms with Crippen LogP contribution in [0.2, 0.25) is 0 Å². The van der Waals surface area contributed by atoms with Crippen molar-refractivity contribution in [2.24, 2.45) is 23.3 Å². The summed E-state index contributed by atoms with van der Waals surface area (Å²) < 4.78 is 1.51. The number of nitrogens with zero attached hydrogens (tertiary/aromatic N) is 4. The average Bonchev–Trinajstić information content (AvgIpc) is 1.70. The zero-order valence-corrected chi connectivity index (χ0v) is 53.6. The predicted octanol–water partition coefficient (Wildman–Crippen LogP) is -0.803. The number of carbonyl (C=O) groups is 10. The topological polar surface area (TPSA) is 418 Å². The lowest BCUT2D eigenvalue weighted by atomic mass is 9.87. The summed E-state index contributed by atoms with van der Waals surface area (Å²) in [5.41, 5.74) is 15.5. The van der Waals surface area contributed by atoms with E-state index in [1.807, 2.05) is 13.8 Å². The number of likely N-dealkylation sites (N-methyl/N-ethyl adjacent to an activating group) is 2. The summed E-state index contributed by atoms with van der Waals surface area (Å²) in [4.78, 5) is 148. The molecule has 16 N–H and O–H groups in total. The summed E-state index contributed by atoms with van der Waals surface area (Å²) in [6.45, 7) is 6.16. The third kappa shape index (κ3) is 19.1. The van der Waals surface area contributed by atoms with Gasteiger partial charge in [0.25, 0.3) is 0 Å². The van der Waals surface area contributed by atoms with Crippen LogP contribution in [0.5, 0.6) is 5.75 Å². The minimum atomic E-state index is -1.59. The average molecular weight is 1290 g/mol. The number of phenolic OH excluding ortho intramolecular Hbond substituents is 1. The quantitative estimate of drug-likeness (QED) is 0.0234. The molecule has 0 radical (unpaired) electrons. The van der Waals surface area contributed by atoms with E-state index in [1.54, 1.807) is 73.1 Å². The predicted molar refractivity (Wildman–Crippen MR) is 344 cm³/mol. The second-order valence-corrected chi connectivity index (χ2v) is 25.0. The number of benzene rings is 3. The lowest BCUT2D eigenvalue weighted by Crippen LogP contribution is -2.61. The van der Waals surface area contributed by atoms with E-state index < -0.39 is 138 Å². The molecule has 28 heteroatoms. The lowest BCUT2D eigenvalue weighted by molar-refractivity contribution is -0.143. The van der Waals surface area contributed by atoms with Gasteiger partial charge in [-0.3, -0.25) is 53.3 Å². The fraction of sp³-hybridized carbons (Fsp3) is 0.508. The first-order valence-electron chi connectivity index (χ1n) is 31.4. The summed E-state index contributed by atoms with van der Waals surface area (Å²) in [5, 5.41) is 62.3. The highest BCUT2D eigenvalue weighted by Crippen LogP contribution is 2.27. The Morgan fingerprint density at radius 2 is 1.34 bits per heavy atom. The number of phenols is 1. The SMILES string of the molecule is CC(C)C[C@H](NC(=O)[C@H](CNC(C)O)NC(=O)[C@@H]1CCCN1)C(=O)N1C[C@H](O)C[C@H]1C(=O)N[C@@H](Cc1c[nH]c2ccccc12)C(=O)N[C@@H](CCC(N)[C@@H](Cc1ccc(O)cc1)C(=O)N(C)[C@@H](C)C(N)=O)C(=O)N[C@@H](Cc1cn(CC(=O)O)c2ccccc12)C(=O)N(C)C. The van der Waals surface area contributed by atoms with Gasteiger partial charge in [-0.2, -0.15) is 0 Å². The first-order valence-corrected chi connectivity index (χ1v) is 31.4. The summed E-state index contributed by atoms with van der Waals surface area (Å²) >= 11 is 0. The zero-order chi connectivity index (χ0) is 68.0. The molecule has 28 nitrogen and oxygen atoms in total. The van der Waals surface area contributed by atoms with Gasteiger partial charge in [-0.25, -0.2) is 0 Å². The molecule has 2 aliphatic rings. The number of carboxylic acid groups (broad SMARTS) is 1. The van der Waals surface area contributed by atoms with Gasteiger partial charge in [0.2, 0.25) is 53.2 Å². The van der Waals surface area contributed by atoms with Crippen molar-refractivity contribution in [2.45, 2.75) is 159 Å². The van der Waals surface area contributed by atoms with Crippen molar-refractivity contribution >= 4 is 80.9 Å². The largest absolute Gasteiger partial charge is 0.508 e. The van der Waals surface area contributed by atoms with E-state index in [1.165, 1.54) is 56.6 Å². The van der Waals surface area contributed by atoms with Gasteiger partial charge in [0.15, 0.2) is 0 Å². The molecule has 504 valence electrons. The number of nitrogens with two attached hydrogens (primary N) is 2. The van der Waals surface area contributed by atoms with Crippen molar-refractivity contribution in [3.05, 3.63) is 102 Å². The van der Waals surface area contributed by atoms with E-state index >= 15 is 14.4 Å². The number of para-hydroxylation sites is 2. The Bertz CT molecular complexity index is 3470. The molecule has 2 saturated heterocycles. The zero-order valence-electron chi connectivity index (χ0n) is 53.6. The number of rotatable bonds is 32. The molecular weight excluding hydrogens is 1200 g/mol. The molecule has 2 aliphatic heterocycles. The molecule has 0 aliphatic carbocycles. The molecule has 7 rings (SSSR count). The molecule has 9 amide bonds. The van der Waals surface area contributed by atoms with Gasteiger partial charge in [-0.1, -0.05) is 62.4 Å². The van der Waals surface area contributed by atoms with Crippen LogP contribution in [0.15, 0.2) is 85.2 Å². The number of aliphatic carboxylic acids is 1. The number of aliphatic hydroxyl groups is 2. The van der Waals surface area contributed by atoms with E-state index in [0.29, 0.717) is 51.5 Å². The molecule has 0 saturated carbocycles. The molecule has 93 heavy (non-hydrogen) atoms. The van der Waals surface area contributed by atoms with Gasteiger partial charge in [0.05, 0.1) is 18.1 Å². The highest BCUT2D eigenvalue weighted by molar-refractivity contribution is 5.99. The molecule has 12 atom stereocenters. The van der Waals surface area contributed by atoms with Crippen LogP contribution in [0.1, 0.15) is 82.9 Å². The first-order chi connectivity index (χ1) is 44.1. The van der Waals surface area contributed by atoms with Crippen molar-refractivity contribution < 1.29 is 68.4 Å². The molecule has 2 fully saturated rings. The van der Waals surface area contributed by atoms with Gasteiger partial charge < -0.3 is 88.0 Å². The number of likely N-dealkylation sites (tertiary alicyclic amines) is 1. The number of carbonyl (C=O) groups excluding carboxylic acids is 9. The van der Waals surface area contributed by atoms with Gasteiger partial charge in [-0.05, 0) is 106 Å². The minimum absolute atomic E-state index is 0.00854. The van der Waals surface area contributed by atoms with Crippen LogP contribution in [-0.4, -0.2) is 211 Å². The Kier molecular flexibility index (Phi) is 25.0. The van der Waals surface area contributed by atoms with Crippen LogP contribution in [0.3, 0.4) is 0 Å². The van der Waals surface area contributed by atoms with E-state index in [4.69, 9.17) is 11.5 Å². The number of fused-ring (bicyclic) bond motifs is 2. The van der Waals surface area contributed by atoms with Gasteiger partial charge in [0, 0.05) is 93.7 Å². The molecule has 3 aromatic carbocycles. The van der Waals surface area contributed by atoms with Crippen molar-refractivity contribution in [1.82, 2.24) is 61.5 Å². The second kappa shape index (κ2) is 32.5. The van der Waals surface area contributed by atoms with Crippen molar-refractivity contribution in [2.75, 3.05) is 40.8 Å². The fourth-order valence-electron chi connectivity index (χ4n) is 12.0. The Labute approximate surface area is 539 Å². The molecule has 4 heterocycles. The maximum Gasteiger partial charge on any atom is 0.323 e. The molecule has 2 aromatic heterocycles. The lowest BCUT2D eigenvalue weighted by Gasteiger charge is -2.32. The van der Waals surface area contributed by atoms with Gasteiger partial charge in [0.1, 0.15) is 60.8 Å². The third-order valence-corrected chi connectivity index (χ3v) is 17.2. The number of nitrogens with one attached hydrogen (secondary N) is 8. The van der Waals surface area contributed by atoms with Gasteiger partial charge in [-0.15, -0.1) is 0 Å². The van der Waals surface area contributed by atoms with Crippen molar-refractivity contribution in [3.8, 4) is 5.75 Å². The summed E-state index contributed by atoms with van der Waals surface area (Å²) in [6, 6.07) is 9.00. The number of aliphatic hydroxyl groups excluding tert-OH is 2. The van der Waals surface area contributed by atoms with Crippen LogP contribution in [-0.2, 0) is 73.8 Å². The Morgan fingerprint density at radius 1 is 0.720 bits per heavy atom. The maximum absolute atomic E-state index is 15.4. The van der Waals surface area contributed by atoms with Crippen LogP contribution < -0.4 is 48.7 Å². The van der Waals surface area contributed by atoms with Gasteiger partial charge >= 0.3 is 5.97 Å². The number of aromatic hydroxyl groups is 1. The van der Waals surface area contributed by atoms with Crippen molar-refractivity contribution in [1.29, 1.82) is 0 Å².